The second kappa shape index (κ2) is 7.12. The van der Waals surface area contributed by atoms with Gasteiger partial charge in [-0.1, -0.05) is 29.8 Å². The summed E-state index contributed by atoms with van der Waals surface area (Å²) in [7, 11) is 0. The zero-order chi connectivity index (χ0) is 18.9. The minimum absolute atomic E-state index is 0.104. The van der Waals surface area contributed by atoms with Gasteiger partial charge in [-0.2, -0.15) is 5.10 Å². The average molecular weight is 364 g/mol. The molecule has 1 aromatic carbocycles. The number of carbonyl (C=O) groups is 1. The number of nitrogens with zero attached hydrogens (tertiary/aromatic N) is 3. The highest BCUT2D eigenvalue weighted by Crippen LogP contribution is 2.34. The van der Waals surface area contributed by atoms with Crippen molar-refractivity contribution in [3.05, 3.63) is 65.1 Å². The van der Waals surface area contributed by atoms with Crippen LogP contribution in [0.25, 0.3) is 5.65 Å². The van der Waals surface area contributed by atoms with Gasteiger partial charge in [0.25, 0.3) is 5.91 Å². The smallest absolute Gasteiger partial charge is 0.256 e. The minimum Gasteiger partial charge on any atom is -0.381 e. The molecule has 1 N–H and O–H groups in total. The monoisotopic (exact) mass is 364 g/mol. The topological polar surface area (TPSA) is 68.5 Å². The molecule has 27 heavy (non-hydrogen) atoms. The van der Waals surface area contributed by atoms with Gasteiger partial charge in [0.1, 0.15) is 5.56 Å². The maximum Gasteiger partial charge on any atom is 0.256 e. The Morgan fingerprint density at radius 3 is 2.81 bits per heavy atom. The average Bonchev–Trinajstić information content (AvgIpc) is 3.10. The predicted molar refractivity (Wildman–Crippen MR) is 103 cm³/mol. The van der Waals surface area contributed by atoms with E-state index in [1.54, 1.807) is 16.9 Å². The molecule has 1 aliphatic heterocycles. The SMILES string of the molecule is Cc1cccc(C2(CNC(=O)c3cnn4cc(C)cnc34)CCOCC2)c1. The third kappa shape index (κ3) is 3.45. The van der Waals surface area contributed by atoms with Crippen LogP contribution in [0.15, 0.2) is 42.9 Å². The maximum atomic E-state index is 12.9. The predicted octanol–water partition coefficient (Wildman–Crippen LogP) is 2.82. The van der Waals surface area contributed by atoms with Crippen molar-refractivity contribution >= 4 is 11.6 Å². The number of rotatable bonds is 4. The Bertz CT molecular complexity index is 973. The second-order valence-electron chi connectivity index (χ2n) is 7.40. The minimum atomic E-state index is -0.139. The van der Waals surface area contributed by atoms with Crippen molar-refractivity contribution in [3.8, 4) is 0 Å². The summed E-state index contributed by atoms with van der Waals surface area (Å²) in [5.41, 5.74) is 4.47. The Labute approximate surface area is 158 Å². The van der Waals surface area contributed by atoms with Crippen molar-refractivity contribution in [1.82, 2.24) is 19.9 Å². The van der Waals surface area contributed by atoms with E-state index in [1.807, 2.05) is 13.1 Å². The highest BCUT2D eigenvalue weighted by molar-refractivity contribution is 5.99. The van der Waals surface area contributed by atoms with E-state index < -0.39 is 0 Å². The molecule has 3 aromatic rings. The summed E-state index contributed by atoms with van der Waals surface area (Å²) in [6, 6.07) is 8.56. The molecule has 0 spiro atoms. The van der Waals surface area contributed by atoms with Gasteiger partial charge in [0.15, 0.2) is 5.65 Å². The molecule has 4 rings (SSSR count). The van der Waals surface area contributed by atoms with Gasteiger partial charge in [-0.25, -0.2) is 9.50 Å². The van der Waals surface area contributed by atoms with Gasteiger partial charge in [-0.3, -0.25) is 4.79 Å². The van der Waals surface area contributed by atoms with E-state index >= 15 is 0 Å². The Hall–Kier alpha value is -2.73. The molecular weight excluding hydrogens is 340 g/mol. The number of aryl methyl sites for hydroxylation is 2. The van der Waals surface area contributed by atoms with Crippen LogP contribution < -0.4 is 5.32 Å². The maximum absolute atomic E-state index is 12.9. The fraction of sp³-hybridized carbons (Fsp3) is 0.381. The van der Waals surface area contributed by atoms with Gasteiger partial charge in [0.2, 0.25) is 0 Å². The van der Waals surface area contributed by atoms with Crippen LogP contribution in [0.3, 0.4) is 0 Å². The molecule has 0 saturated carbocycles. The molecule has 1 aliphatic rings. The zero-order valence-electron chi connectivity index (χ0n) is 15.7. The number of fused-ring (bicyclic) bond motifs is 1. The second-order valence-corrected chi connectivity index (χ2v) is 7.40. The summed E-state index contributed by atoms with van der Waals surface area (Å²) >= 11 is 0. The van der Waals surface area contributed by atoms with Crippen molar-refractivity contribution in [2.45, 2.75) is 32.1 Å². The lowest BCUT2D eigenvalue weighted by atomic mass is 9.73. The first kappa shape index (κ1) is 17.7. The number of nitrogens with one attached hydrogen (secondary N) is 1. The van der Waals surface area contributed by atoms with E-state index in [4.69, 9.17) is 4.74 Å². The van der Waals surface area contributed by atoms with Crippen LogP contribution in [-0.2, 0) is 10.2 Å². The van der Waals surface area contributed by atoms with Crippen LogP contribution in [0, 0.1) is 13.8 Å². The summed E-state index contributed by atoms with van der Waals surface area (Å²) in [6.07, 6.45) is 6.98. The Kier molecular flexibility index (Phi) is 4.66. The van der Waals surface area contributed by atoms with E-state index in [9.17, 15) is 4.79 Å². The molecule has 2 aromatic heterocycles. The Morgan fingerprint density at radius 1 is 1.22 bits per heavy atom. The first-order valence-electron chi connectivity index (χ1n) is 9.30. The Balaban J connectivity index is 1.58. The van der Waals surface area contributed by atoms with Gasteiger partial charge in [0.05, 0.1) is 6.20 Å². The van der Waals surface area contributed by atoms with Crippen molar-refractivity contribution in [2.24, 2.45) is 0 Å². The molecule has 0 radical (unpaired) electrons. The lowest BCUT2D eigenvalue weighted by Gasteiger charge is -2.38. The molecule has 1 amide bonds. The van der Waals surface area contributed by atoms with E-state index in [0.717, 1.165) is 18.4 Å². The van der Waals surface area contributed by atoms with Gasteiger partial charge >= 0.3 is 0 Å². The van der Waals surface area contributed by atoms with Crippen molar-refractivity contribution in [2.75, 3.05) is 19.8 Å². The number of benzene rings is 1. The zero-order valence-corrected chi connectivity index (χ0v) is 15.7. The van der Waals surface area contributed by atoms with Crippen LogP contribution >= 0.6 is 0 Å². The molecule has 1 fully saturated rings. The van der Waals surface area contributed by atoms with E-state index in [1.165, 1.54) is 11.1 Å². The van der Waals surface area contributed by atoms with Crippen LogP contribution in [-0.4, -0.2) is 40.3 Å². The number of ether oxygens (including phenoxy) is 1. The molecule has 140 valence electrons. The highest BCUT2D eigenvalue weighted by Gasteiger charge is 2.35. The molecule has 0 atom stereocenters. The summed E-state index contributed by atoms with van der Waals surface area (Å²) in [6.45, 7) is 6.04. The molecule has 6 nitrogen and oxygen atoms in total. The summed E-state index contributed by atoms with van der Waals surface area (Å²) in [5.74, 6) is -0.139. The number of amides is 1. The number of hydrogen-bond acceptors (Lipinski definition) is 4. The van der Waals surface area contributed by atoms with Gasteiger partial charge in [0, 0.05) is 37.6 Å². The number of hydrogen-bond donors (Lipinski definition) is 1. The number of aromatic nitrogens is 3. The van der Waals surface area contributed by atoms with Gasteiger partial charge < -0.3 is 10.1 Å². The highest BCUT2D eigenvalue weighted by atomic mass is 16.5. The van der Waals surface area contributed by atoms with Crippen molar-refractivity contribution in [3.63, 3.8) is 0 Å². The molecule has 6 heteroatoms. The fourth-order valence-electron chi connectivity index (χ4n) is 3.78. The summed E-state index contributed by atoms with van der Waals surface area (Å²) < 4.78 is 7.24. The molecular formula is C21H24N4O2. The molecule has 0 unspecified atom stereocenters. The normalized spacial score (nSPS) is 16.4. The fourth-order valence-corrected chi connectivity index (χ4v) is 3.78. The van der Waals surface area contributed by atoms with Crippen molar-refractivity contribution < 1.29 is 9.53 Å². The van der Waals surface area contributed by atoms with Gasteiger partial charge in [-0.05, 0) is 37.8 Å². The molecule has 3 heterocycles. The molecule has 0 aliphatic carbocycles. The third-order valence-electron chi connectivity index (χ3n) is 5.40. The van der Waals surface area contributed by atoms with Crippen LogP contribution in [0.5, 0.6) is 0 Å². The third-order valence-corrected chi connectivity index (χ3v) is 5.40. The molecule has 0 bridgehead atoms. The lowest BCUT2D eigenvalue weighted by Crippen LogP contribution is -2.44. The Morgan fingerprint density at radius 2 is 2.04 bits per heavy atom. The lowest BCUT2D eigenvalue weighted by molar-refractivity contribution is 0.0487. The van der Waals surface area contributed by atoms with E-state index in [0.29, 0.717) is 31.0 Å². The summed E-state index contributed by atoms with van der Waals surface area (Å²) in [5, 5.41) is 7.39. The standard InChI is InChI=1S/C21H24N4O2/c1-15-4-3-5-17(10-15)21(6-8-27-9-7-21)14-23-20(26)18-12-24-25-13-16(2)11-22-19(18)25/h3-5,10-13H,6-9,14H2,1-2H3,(H,23,26). The van der Waals surface area contributed by atoms with Crippen LogP contribution in [0.2, 0.25) is 0 Å². The van der Waals surface area contributed by atoms with Crippen LogP contribution in [0.4, 0.5) is 0 Å². The number of carbonyl (C=O) groups excluding carboxylic acids is 1. The quantitative estimate of drug-likeness (QED) is 0.773. The summed E-state index contributed by atoms with van der Waals surface area (Å²) in [4.78, 5) is 17.2. The van der Waals surface area contributed by atoms with E-state index in [2.05, 4.69) is 46.6 Å². The largest absolute Gasteiger partial charge is 0.381 e. The van der Waals surface area contributed by atoms with Crippen LogP contribution in [0.1, 0.15) is 39.9 Å². The molecule has 1 saturated heterocycles. The van der Waals surface area contributed by atoms with Crippen molar-refractivity contribution in [1.29, 1.82) is 0 Å². The van der Waals surface area contributed by atoms with Gasteiger partial charge in [-0.15, -0.1) is 0 Å². The first-order valence-corrected chi connectivity index (χ1v) is 9.30. The van der Waals surface area contributed by atoms with E-state index in [-0.39, 0.29) is 11.3 Å². The first-order chi connectivity index (χ1) is 13.1.